The van der Waals surface area contributed by atoms with Gasteiger partial charge in [0.1, 0.15) is 0 Å². The van der Waals surface area contributed by atoms with E-state index >= 15 is 0 Å². The second-order valence-corrected chi connectivity index (χ2v) is 10.7. The molecular weight excluding hydrogens is 456 g/mol. The minimum atomic E-state index is 0.204. The zero-order valence-corrected chi connectivity index (χ0v) is 21.3. The number of hydrogen-bond donors (Lipinski definition) is 0. The fraction of sp³-hybridized carbons (Fsp3) is 0.607. The SMILES string of the molecule is COc1ccc(-c2noc(CCC(=O)N3CCCC4=CC5CC(CN6CCCCC56)C43)n2)cc1OC. The van der Waals surface area contributed by atoms with Gasteiger partial charge in [-0.3, -0.25) is 9.69 Å². The topological polar surface area (TPSA) is 80.9 Å². The highest BCUT2D eigenvalue weighted by atomic mass is 16.5. The molecule has 2 aromatic rings. The summed E-state index contributed by atoms with van der Waals surface area (Å²) in [6.45, 7) is 3.22. The second-order valence-electron chi connectivity index (χ2n) is 10.7. The molecule has 8 heteroatoms. The predicted octanol–water partition coefficient (Wildman–Crippen LogP) is 4.11. The number of benzene rings is 1. The van der Waals surface area contributed by atoms with Crippen LogP contribution in [0.4, 0.5) is 0 Å². The summed E-state index contributed by atoms with van der Waals surface area (Å²) in [5.74, 6) is 3.67. The van der Waals surface area contributed by atoms with E-state index in [9.17, 15) is 4.79 Å². The highest BCUT2D eigenvalue weighted by Gasteiger charge is 2.46. The van der Waals surface area contributed by atoms with Gasteiger partial charge in [-0.25, -0.2) is 0 Å². The number of hydrogen-bond acceptors (Lipinski definition) is 7. The summed E-state index contributed by atoms with van der Waals surface area (Å²) < 4.78 is 16.2. The maximum Gasteiger partial charge on any atom is 0.227 e. The summed E-state index contributed by atoms with van der Waals surface area (Å²) in [6.07, 6.45) is 10.9. The summed E-state index contributed by atoms with van der Waals surface area (Å²) in [7, 11) is 3.20. The van der Waals surface area contributed by atoms with Gasteiger partial charge in [0.2, 0.25) is 17.6 Å². The third-order valence-corrected chi connectivity index (χ3v) is 8.64. The van der Waals surface area contributed by atoms with Crippen LogP contribution in [-0.2, 0) is 11.2 Å². The van der Waals surface area contributed by atoms with Crippen molar-refractivity contribution in [3.8, 4) is 22.9 Å². The predicted molar refractivity (Wildman–Crippen MR) is 135 cm³/mol. The number of methoxy groups -OCH3 is 2. The van der Waals surface area contributed by atoms with E-state index in [1.54, 1.807) is 14.2 Å². The van der Waals surface area contributed by atoms with Crippen molar-refractivity contribution >= 4 is 5.91 Å². The highest BCUT2D eigenvalue weighted by Crippen LogP contribution is 2.45. The maximum absolute atomic E-state index is 13.5. The lowest BCUT2D eigenvalue weighted by Gasteiger charge is -2.54. The van der Waals surface area contributed by atoms with Crippen molar-refractivity contribution in [2.75, 3.05) is 33.9 Å². The lowest BCUT2D eigenvalue weighted by atomic mass is 9.68. The molecule has 0 radical (unpaired) electrons. The molecule has 4 atom stereocenters. The average Bonchev–Trinajstić information content (AvgIpc) is 3.40. The van der Waals surface area contributed by atoms with Gasteiger partial charge in [0.15, 0.2) is 11.5 Å². The Bertz CT molecular complexity index is 1140. The van der Waals surface area contributed by atoms with Crippen LogP contribution in [0.1, 0.15) is 50.8 Å². The van der Waals surface area contributed by atoms with Crippen LogP contribution in [0.2, 0.25) is 0 Å². The molecule has 3 aliphatic heterocycles. The number of rotatable bonds is 6. The third-order valence-electron chi connectivity index (χ3n) is 8.64. The van der Waals surface area contributed by atoms with E-state index in [1.165, 1.54) is 37.8 Å². The van der Waals surface area contributed by atoms with E-state index in [0.29, 0.717) is 47.9 Å². The Morgan fingerprint density at radius 3 is 2.89 bits per heavy atom. The Hall–Kier alpha value is -2.87. The zero-order chi connectivity index (χ0) is 24.6. The Balaban J connectivity index is 1.13. The molecule has 1 amide bonds. The second kappa shape index (κ2) is 9.88. The summed E-state index contributed by atoms with van der Waals surface area (Å²) in [5, 5.41) is 4.13. The summed E-state index contributed by atoms with van der Waals surface area (Å²) in [5.41, 5.74) is 2.31. The van der Waals surface area contributed by atoms with Crippen molar-refractivity contribution in [1.29, 1.82) is 0 Å². The molecule has 0 spiro atoms. The standard InChI is InChI=1S/C28H36N4O4/c1-34-23-9-8-19(16-24(23)35-2)28-29-25(36-30-28)10-11-26(33)32-13-5-6-18-14-20-15-21(27(18)32)17-31-12-4-3-7-22(20)31/h8-9,14,16,20-22,27H,3-7,10-13,15,17H2,1-2H3. The van der Waals surface area contributed by atoms with Crippen LogP contribution in [0.25, 0.3) is 11.4 Å². The number of aryl methyl sites for hydroxylation is 1. The van der Waals surface area contributed by atoms with Crippen molar-refractivity contribution in [1.82, 2.24) is 19.9 Å². The number of aromatic nitrogens is 2. The van der Waals surface area contributed by atoms with Crippen LogP contribution in [0.5, 0.6) is 11.5 Å². The zero-order valence-electron chi connectivity index (χ0n) is 21.3. The van der Waals surface area contributed by atoms with Gasteiger partial charge in [-0.2, -0.15) is 4.98 Å². The number of likely N-dealkylation sites (tertiary alicyclic amines) is 1. The first-order chi connectivity index (χ1) is 17.6. The van der Waals surface area contributed by atoms with Gasteiger partial charge in [0.25, 0.3) is 0 Å². The largest absolute Gasteiger partial charge is 0.493 e. The molecule has 6 rings (SSSR count). The minimum Gasteiger partial charge on any atom is -0.493 e. The van der Waals surface area contributed by atoms with E-state index in [0.717, 1.165) is 37.5 Å². The fourth-order valence-electron chi connectivity index (χ4n) is 7.06. The molecule has 1 aromatic carbocycles. The lowest BCUT2D eigenvalue weighted by molar-refractivity contribution is -0.136. The van der Waals surface area contributed by atoms with E-state index < -0.39 is 0 Å². The van der Waals surface area contributed by atoms with Crippen LogP contribution in [0.3, 0.4) is 0 Å². The average molecular weight is 493 g/mol. The van der Waals surface area contributed by atoms with Crippen LogP contribution < -0.4 is 9.47 Å². The van der Waals surface area contributed by atoms with Gasteiger partial charge in [0.05, 0.1) is 20.3 Å². The molecule has 2 bridgehead atoms. The monoisotopic (exact) mass is 492 g/mol. The van der Waals surface area contributed by atoms with Crippen LogP contribution in [0, 0.1) is 11.8 Å². The number of piperidine rings is 3. The highest BCUT2D eigenvalue weighted by molar-refractivity contribution is 5.77. The van der Waals surface area contributed by atoms with Crippen LogP contribution in [-0.4, -0.2) is 71.8 Å². The summed E-state index contributed by atoms with van der Waals surface area (Å²) >= 11 is 0. The number of carbonyl (C=O) groups excluding carboxylic acids is 1. The molecule has 4 aliphatic rings. The fourth-order valence-corrected chi connectivity index (χ4v) is 7.06. The number of nitrogens with zero attached hydrogens (tertiary/aromatic N) is 4. The Kier molecular flexibility index (Phi) is 6.46. The smallest absolute Gasteiger partial charge is 0.227 e. The molecule has 192 valence electrons. The Morgan fingerprint density at radius 2 is 2.03 bits per heavy atom. The Morgan fingerprint density at radius 1 is 1.14 bits per heavy atom. The van der Waals surface area contributed by atoms with Gasteiger partial charge in [0, 0.05) is 37.5 Å². The van der Waals surface area contributed by atoms with Gasteiger partial charge in [-0.05, 0) is 68.7 Å². The van der Waals surface area contributed by atoms with Crippen LogP contribution >= 0.6 is 0 Å². The molecule has 36 heavy (non-hydrogen) atoms. The van der Waals surface area contributed by atoms with Gasteiger partial charge >= 0.3 is 0 Å². The van der Waals surface area contributed by atoms with Crippen molar-refractivity contribution in [3.05, 3.63) is 35.7 Å². The minimum absolute atomic E-state index is 0.204. The number of fused-ring (bicyclic) bond motifs is 6. The molecule has 3 fully saturated rings. The van der Waals surface area contributed by atoms with E-state index in [4.69, 9.17) is 14.0 Å². The molecule has 1 aliphatic carbocycles. The first-order valence-electron chi connectivity index (χ1n) is 13.4. The van der Waals surface area contributed by atoms with Gasteiger partial charge in [-0.15, -0.1) is 0 Å². The molecule has 4 heterocycles. The van der Waals surface area contributed by atoms with Crippen molar-refractivity contribution in [2.24, 2.45) is 11.8 Å². The Labute approximate surface area is 212 Å². The molecule has 0 N–H and O–H groups in total. The molecule has 8 nitrogen and oxygen atoms in total. The molecule has 1 aromatic heterocycles. The molecular formula is C28H36N4O4. The molecule has 0 saturated carbocycles. The quantitative estimate of drug-likeness (QED) is 0.562. The van der Waals surface area contributed by atoms with E-state index in [-0.39, 0.29) is 11.9 Å². The first kappa shape index (κ1) is 23.5. The molecule has 4 unspecified atom stereocenters. The normalized spacial score (nSPS) is 27.6. The third kappa shape index (κ3) is 4.29. The van der Waals surface area contributed by atoms with E-state index in [2.05, 4.69) is 26.0 Å². The van der Waals surface area contributed by atoms with Gasteiger partial charge < -0.3 is 18.9 Å². The maximum atomic E-state index is 13.5. The number of amides is 1. The lowest BCUT2D eigenvalue weighted by Crippen LogP contribution is -2.60. The van der Waals surface area contributed by atoms with Crippen molar-refractivity contribution in [2.45, 2.75) is 63.5 Å². The van der Waals surface area contributed by atoms with E-state index in [1.807, 2.05) is 18.2 Å². The van der Waals surface area contributed by atoms with Crippen LogP contribution in [0.15, 0.2) is 34.4 Å². The molecule has 3 saturated heterocycles. The van der Waals surface area contributed by atoms with Crippen molar-refractivity contribution < 1.29 is 18.8 Å². The number of ether oxygens (including phenoxy) is 2. The van der Waals surface area contributed by atoms with Gasteiger partial charge in [-0.1, -0.05) is 23.2 Å². The summed E-state index contributed by atoms with van der Waals surface area (Å²) in [4.78, 5) is 22.9. The number of carbonyl (C=O) groups is 1. The van der Waals surface area contributed by atoms with Crippen molar-refractivity contribution in [3.63, 3.8) is 0 Å². The summed E-state index contributed by atoms with van der Waals surface area (Å²) in [6, 6.07) is 6.52. The first-order valence-corrected chi connectivity index (χ1v) is 13.4.